The van der Waals surface area contributed by atoms with Gasteiger partial charge in [0.05, 0.1) is 5.75 Å². The number of hydrogen-bond donors (Lipinski definition) is 0. The highest BCUT2D eigenvalue weighted by Gasteiger charge is 2.28. The van der Waals surface area contributed by atoms with Crippen LogP contribution in [0, 0.1) is 0 Å². The van der Waals surface area contributed by atoms with E-state index in [0.717, 1.165) is 12.8 Å². The van der Waals surface area contributed by atoms with E-state index in [1.165, 1.54) is 17.0 Å². The zero-order valence-electron chi connectivity index (χ0n) is 8.47. The zero-order chi connectivity index (χ0) is 11.8. The fourth-order valence-corrected chi connectivity index (χ4v) is 3.06. The molecule has 1 aliphatic rings. The molecule has 0 N–H and O–H groups in total. The van der Waals surface area contributed by atoms with Crippen LogP contribution in [0.3, 0.4) is 0 Å². The summed E-state index contributed by atoms with van der Waals surface area (Å²) < 4.78 is 24.8. The van der Waals surface area contributed by atoms with Crippen LogP contribution in [0.5, 0.6) is 0 Å². The Hall–Kier alpha value is -0.880. The van der Waals surface area contributed by atoms with E-state index in [0.29, 0.717) is 0 Å². The van der Waals surface area contributed by atoms with E-state index < -0.39 is 15.4 Å². The molecule has 0 atom stereocenters. The summed E-state index contributed by atoms with van der Waals surface area (Å²) in [4.78, 5) is 15.5. The molecule has 2 rings (SSSR count). The van der Waals surface area contributed by atoms with E-state index >= 15 is 0 Å². The lowest BCUT2D eigenvalue weighted by molar-refractivity contribution is 0.584. The van der Waals surface area contributed by atoms with Crippen molar-refractivity contribution in [1.29, 1.82) is 0 Å². The average molecular weight is 263 g/mol. The number of sulfone groups is 1. The van der Waals surface area contributed by atoms with E-state index in [1.54, 1.807) is 0 Å². The summed E-state index contributed by atoms with van der Waals surface area (Å²) in [6, 6.07) is 0.139. The highest BCUT2D eigenvalue weighted by Crippen LogP contribution is 2.33. The van der Waals surface area contributed by atoms with E-state index in [1.807, 2.05) is 0 Å². The van der Waals surface area contributed by atoms with Gasteiger partial charge in [-0.05, 0) is 12.8 Å². The molecule has 1 heterocycles. The second-order valence-electron chi connectivity index (χ2n) is 3.68. The van der Waals surface area contributed by atoms with Gasteiger partial charge in [-0.15, -0.1) is 11.6 Å². The molecule has 1 saturated carbocycles. The first-order valence-corrected chi connectivity index (χ1v) is 7.11. The summed E-state index contributed by atoms with van der Waals surface area (Å²) in [5, 5.41) is -0.387. The van der Waals surface area contributed by atoms with Crippen LogP contribution in [0.4, 0.5) is 0 Å². The van der Waals surface area contributed by atoms with Crippen molar-refractivity contribution in [2.75, 3.05) is 11.6 Å². The van der Waals surface area contributed by atoms with Crippen LogP contribution in [-0.4, -0.2) is 29.6 Å². The van der Waals surface area contributed by atoms with E-state index in [2.05, 4.69) is 4.98 Å². The minimum Gasteiger partial charge on any atom is -0.308 e. The lowest BCUT2D eigenvalue weighted by Crippen LogP contribution is -2.28. The summed E-state index contributed by atoms with van der Waals surface area (Å²) in [6.45, 7) is 0. The fraction of sp³-hybridized carbons (Fsp3) is 0.556. The molecule has 0 spiro atoms. The highest BCUT2D eigenvalue weighted by atomic mass is 35.5. The number of halogens is 1. The van der Waals surface area contributed by atoms with Gasteiger partial charge in [0.1, 0.15) is 0 Å². The minimum atomic E-state index is -3.65. The summed E-state index contributed by atoms with van der Waals surface area (Å²) >= 11 is 5.39. The summed E-state index contributed by atoms with van der Waals surface area (Å²) in [5.41, 5.74) is -0.532. The molecule has 0 amide bonds. The van der Waals surface area contributed by atoms with Crippen LogP contribution >= 0.6 is 11.6 Å². The first-order chi connectivity index (χ1) is 7.56. The van der Waals surface area contributed by atoms with E-state index in [-0.39, 0.29) is 22.7 Å². The summed E-state index contributed by atoms with van der Waals surface area (Å²) in [6.07, 6.45) is 4.71. The van der Waals surface area contributed by atoms with Crippen molar-refractivity contribution in [2.24, 2.45) is 0 Å². The second kappa shape index (κ2) is 4.18. The molecule has 1 aliphatic carbocycles. The third-order valence-electron chi connectivity index (χ3n) is 2.42. The number of alkyl halides is 1. The predicted molar refractivity (Wildman–Crippen MR) is 59.5 cm³/mol. The number of aromatic nitrogens is 2. The lowest BCUT2D eigenvalue weighted by atomic mass is 10.6. The maximum absolute atomic E-state index is 11.9. The maximum Gasteiger partial charge on any atom is 0.288 e. The van der Waals surface area contributed by atoms with E-state index in [4.69, 9.17) is 11.6 Å². The van der Waals surface area contributed by atoms with Gasteiger partial charge >= 0.3 is 0 Å². The Morgan fingerprint density at radius 1 is 1.50 bits per heavy atom. The molecule has 0 radical (unpaired) electrons. The summed E-state index contributed by atoms with van der Waals surface area (Å²) in [7, 11) is -3.65. The highest BCUT2D eigenvalue weighted by molar-refractivity contribution is 7.91. The Morgan fingerprint density at radius 3 is 2.75 bits per heavy atom. The lowest BCUT2D eigenvalue weighted by Gasteiger charge is -2.05. The van der Waals surface area contributed by atoms with Gasteiger partial charge in [0.15, 0.2) is 0 Å². The first-order valence-electron chi connectivity index (χ1n) is 4.92. The Morgan fingerprint density at radius 2 is 2.19 bits per heavy atom. The maximum atomic E-state index is 11.9. The van der Waals surface area contributed by atoms with Gasteiger partial charge in [0, 0.05) is 24.3 Å². The third kappa shape index (κ3) is 2.12. The molecule has 88 valence electrons. The van der Waals surface area contributed by atoms with Crippen molar-refractivity contribution in [2.45, 2.75) is 23.9 Å². The molecule has 0 aliphatic heterocycles. The Bertz CT molecular complexity index is 548. The number of rotatable bonds is 4. The molecule has 0 unspecified atom stereocenters. The van der Waals surface area contributed by atoms with E-state index in [9.17, 15) is 13.2 Å². The fourth-order valence-electron chi connectivity index (χ4n) is 1.46. The van der Waals surface area contributed by atoms with Crippen molar-refractivity contribution < 1.29 is 8.42 Å². The number of hydrogen-bond acceptors (Lipinski definition) is 4. The normalized spacial score (nSPS) is 16.3. The quantitative estimate of drug-likeness (QED) is 0.745. The van der Waals surface area contributed by atoms with Gasteiger partial charge in [-0.25, -0.2) is 13.4 Å². The van der Waals surface area contributed by atoms with Crippen molar-refractivity contribution in [3.05, 3.63) is 22.7 Å². The minimum absolute atomic E-state index is 0.0399. The van der Waals surface area contributed by atoms with Gasteiger partial charge < -0.3 is 4.57 Å². The van der Waals surface area contributed by atoms with Crippen LogP contribution in [0.2, 0.25) is 0 Å². The Balaban J connectivity index is 2.50. The topological polar surface area (TPSA) is 69.0 Å². The molecule has 16 heavy (non-hydrogen) atoms. The van der Waals surface area contributed by atoms with Crippen LogP contribution in [0.15, 0.2) is 22.2 Å². The third-order valence-corrected chi connectivity index (χ3v) is 4.44. The van der Waals surface area contributed by atoms with Gasteiger partial charge in [0.25, 0.3) is 5.56 Å². The molecule has 5 nitrogen and oxygen atoms in total. The monoisotopic (exact) mass is 262 g/mol. The Labute approximate surface area is 98.0 Å². The largest absolute Gasteiger partial charge is 0.308 e. The zero-order valence-corrected chi connectivity index (χ0v) is 10.0. The molecular formula is C9H11ClN2O3S. The molecule has 1 fully saturated rings. The first kappa shape index (κ1) is 11.6. The standard InChI is InChI=1S/C9H11ClN2O3S/c10-3-6-16(14,15)8-9(13)12(5-4-11-8)7-1-2-7/h4-5,7H,1-3,6H2. The molecule has 0 bridgehead atoms. The summed E-state index contributed by atoms with van der Waals surface area (Å²) in [5.74, 6) is -0.298. The molecule has 0 aromatic carbocycles. The van der Waals surface area contributed by atoms with Crippen molar-refractivity contribution in [3.63, 3.8) is 0 Å². The average Bonchev–Trinajstić information content (AvgIpc) is 3.01. The second-order valence-corrected chi connectivity index (χ2v) is 6.09. The van der Waals surface area contributed by atoms with Gasteiger partial charge in [-0.3, -0.25) is 4.79 Å². The Kier molecular flexibility index (Phi) is 3.03. The van der Waals surface area contributed by atoms with Crippen LogP contribution < -0.4 is 5.56 Å². The molecule has 7 heteroatoms. The molecule has 1 aromatic rings. The van der Waals surface area contributed by atoms with Gasteiger partial charge in [0.2, 0.25) is 14.9 Å². The van der Waals surface area contributed by atoms with Crippen LogP contribution in [0.25, 0.3) is 0 Å². The molecular weight excluding hydrogens is 252 g/mol. The van der Waals surface area contributed by atoms with Crippen LogP contribution in [0.1, 0.15) is 18.9 Å². The van der Waals surface area contributed by atoms with Crippen molar-refractivity contribution in [1.82, 2.24) is 9.55 Å². The smallest absolute Gasteiger partial charge is 0.288 e. The number of nitrogens with zero attached hydrogens (tertiary/aromatic N) is 2. The predicted octanol–water partition coefficient (Wildman–Crippen LogP) is 0.591. The van der Waals surface area contributed by atoms with Crippen molar-refractivity contribution in [3.8, 4) is 0 Å². The van der Waals surface area contributed by atoms with Gasteiger partial charge in [-0.2, -0.15) is 0 Å². The van der Waals surface area contributed by atoms with Crippen LogP contribution in [-0.2, 0) is 9.84 Å². The molecule has 0 saturated heterocycles. The van der Waals surface area contributed by atoms with Gasteiger partial charge in [-0.1, -0.05) is 0 Å². The SMILES string of the molecule is O=c1c(S(=O)(=O)CCCl)nccn1C1CC1. The van der Waals surface area contributed by atoms with Crippen molar-refractivity contribution >= 4 is 21.4 Å². The molecule has 1 aromatic heterocycles.